The zero-order valence-corrected chi connectivity index (χ0v) is 65.6. The molecule has 97 heavy (non-hydrogen) atoms. The maximum atomic E-state index is 11.5. The van der Waals surface area contributed by atoms with Crippen molar-refractivity contribution in [3.8, 4) is 0 Å². The number of aliphatic hydroxyl groups is 2. The SMILES string of the molecule is C=C1CCCN1C(C)C.C=C1CN(C(C)C)CC(=O)N1.C=C1NCCN1C(C)C.CC(=O)[C@@H]1CCCN1C(C)C.CC(=O)[C@@H]1C[C@@H](O)CN1C(C)C.CC(=O)[C@H]1CCCN1C(C)C.CC(=O)[C@H]1C[C@H](O)CN1C(C)C.CC(C)N1CCNC(=O)C1.CC(C)N1CCNC(=O)C1(C)C. The lowest BCUT2D eigenvalue weighted by Gasteiger charge is -2.43. The van der Waals surface area contributed by atoms with Gasteiger partial charge in [-0.15, -0.1) is 0 Å². The average molecular weight is 1370 g/mol. The van der Waals surface area contributed by atoms with Crippen LogP contribution in [-0.2, 0) is 33.6 Å². The topological polar surface area (TPSA) is 237 Å². The Morgan fingerprint density at radius 2 is 0.856 bits per heavy atom. The second kappa shape index (κ2) is 44.6. The summed E-state index contributed by atoms with van der Waals surface area (Å²) in [5.41, 5.74) is 1.78. The summed E-state index contributed by atoms with van der Waals surface area (Å²) >= 11 is 0. The van der Waals surface area contributed by atoms with Crippen molar-refractivity contribution < 1.29 is 43.8 Å². The van der Waals surface area contributed by atoms with E-state index >= 15 is 0 Å². The molecule has 6 N–H and O–H groups in total. The van der Waals surface area contributed by atoms with E-state index in [1.54, 1.807) is 27.7 Å². The van der Waals surface area contributed by atoms with Gasteiger partial charge >= 0.3 is 0 Å². The Morgan fingerprint density at radius 3 is 1.12 bits per heavy atom. The van der Waals surface area contributed by atoms with Crippen molar-refractivity contribution in [2.24, 2.45) is 0 Å². The summed E-state index contributed by atoms with van der Waals surface area (Å²) in [7, 11) is 0. The second-order valence-corrected chi connectivity index (χ2v) is 30.6. The van der Waals surface area contributed by atoms with Crippen LogP contribution in [0.3, 0.4) is 0 Å². The number of rotatable bonds is 13. The van der Waals surface area contributed by atoms with Gasteiger partial charge in [0.1, 0.15) is 23.1 Å². The molecule has 9 aliphatic heterocycles. The van der Waals surface area contributed by atoms with E-state index in [2.05, 4.69) is 182 Å². The number of β-amino-alcohol motifs (C(OH)–C–C–N with tert-alkyl or cyclic N) is 2. The highest BCUT2D eigenvalue weighted by Crippen LogP contribution is 2.25. The van der Waals surface area contributed by atoms with E-state index in [4.69, 9.17) is 0 Å². The number of ketones is 4. The molecule has 562 valence electrons. The number of aliphatic hydroxyl groups excluding tert-OH is 2. The predicted octanol–water partition coefficient (Wildman–Crippen LogP) is 7.28. The van der Waals surface area contributed by atoms with Gasteiger partial charge in [-0.2, -0.15) is 0 Å². The number of allylic oxidation sites excluding steroid dienone is 1. The maximum absolute atomic E-state index is 11.5. The van der Waals surface area contributed by atoms with Crippen molar-refractivity contribution in [2.45, 2.75) is 314 Å². The minimum absolute atomic E-state index is 0.0509. The van der Waals surface area contributed by atoms with Crippen molar-refractivity contribution in [2.75, 3.05) is 91.6 Å². The Balaban J connectivity index is 0.000000546. The van der Waals surface area contributed by atoms with Crippen molar-refractivity contribution in [1.29, 1.82) is 0 Å². The van der Waals surface area contributed by atoms with E-state index in [1.165, 1.54) is 37.9 Å². The van der Waals surface area contributed by atoms with Crippen LogP contribution < -0.4 is 21.3 Å². The van der Waals surface area contributed by atoms with Crippen LogP contribution in [0.5, 0.6) is 0 Å². The fourth-order valence-electron chi connectivity index (χ4n) is 13.9. The van der Waals surface area contributed by atoms with Gasteiger partial charge in [0.15, 0.2) is 0 Å². The maximum Gasteiger partial charge on any atom is 0.240 e. The molecule has 0 unspecified atom stereocenters. The van der Waals surface area contributed by atoms with Gasteiger partial charge in [0.25, 0.3) is 0 Å². The van der Waals surface area contributed by atoms with Crippen LogP contribution in [0, 0.1) is 0 Å². The molecule has 3 amide bonds. The molecule has 9 saturated heterocycles. The summed E-state index contributed by atoms with van der Waals surface area (Å²) in [5, 5.41) is 30.3. The molecular weight excluding hydrogens is 1230 g/mol. The minimum atomic E-state index is -0.341. The van der Waals surface area contributed by atoms with Crippen molar-refractivity contribution in [1.82, 2.24) is 65.4 Å². The highest BCUT2D eigenvalue weighted by atomic mass is 16.3. The van der Waals surface area contributed by atoms with Gasteiger partial charge in [0.05, 0.1) is 60.8 Å². The number of carbonyl (C=O) groups excluding carboxylic acids is 7. The van der Waals surface area contributed by atoms with Crippen LogP contribution in [-0.4, -0.2) is 283 Å². The van der Waals surface area contributed by atoms with Crippen LogP contribution in [0.2, 0.25) is 0 Å². The Bertz CT molecular complexity index is 2330. The lowest BCUT2D eigenvalue weighted by atomic mass is 9.97. The van der Waals surface area contributed by atoms with Crippen LogP contribution in [0.15, 0.2) is 37.0 Å². The third-order valence-electron chi connectivity index (χ3n) is 19.4. The molecule has 0 aromatic heterocycles. The van der Waals surface area contributed by atoms with Crippen molar-refractivity contribution in [3.05, 3.63) is 37.0 Å². The summed E-state index contributed by atoms with van der Waals surface area (Å²) in [6, 6.07) is 4.64. The smallest absolute Gasteiger partial charge is 0.240 e. The normalized spacial score (nSPS) is 24.9. The molecular formula is C75H143N13O9. The number of likely N-dealkylation sites (tertiary alicyclic amines) is 5. The van der Waals surface area contributed by atoms with Gasteiger partial charge in [-0.25, -0.2) is 0 Å². The third kappa shape index (κ3) is 31.8. The van der Waals surface area contributed by atoms with Crippen LogP contribution in [0.25, 0.3) is 0 Å². The molecule has 0 aliphatic carbocycles. The fraction of sp³-hybridized carbons (Fsp3) is 0.827. The standard InChI is InChI=1S/C9H18N2O.2C9H17NO2.2C9H17NO.C8H14N2O.C8H15N.C7H14N2O.C7H14N2/c1-7(2)11-6-5-10-8(12)9(11,3)4;2*1-6(2)10-5-8(12)4-9(10)7(3)11;2*1-7(2)10-6-4-5-9(10)8(3)11;1-6(2)10-4-7(3)9-8(11)5-10;1-7(2)9-6-4-5-8(9)3;1-6(2)9-4-3-8-7(10)5-9;1-6(2)9-5-4-8-7(9)3/h7H,5-6H2,1-4H3,(H,10,12);2*6,8-9,12H,4-5H2,1-3H3;2*7,9H,4-6H2,1-3H3;6H,3-5H2,1-2H3,(H,9,11);7H,3-6H2,1-2H3;6H,3-5H2,1-2H3,(H,8,10);6,8H,3-5H2,1-2H3/t;2*8-,9+;2*9-;;;;/m.1010..../s1. The van der Waals surface area contributed by atoms with Gasteiger partial charge in [0, 0.05) is 131 Å². The summed E-state index contributed by atoms with van der Waals surface area (Å²) in [6.07, 6.45) is 7.57. The monoisotopic (exact) mass is 1370 g/mol. The first-order chi connectivity index (χ1) is 45.0. The van der Waals surface area contributed by atoms with E-state index in [0.29, 0.717) is 105 Å². The highest BCUT2D eigenvalue weighted by molar-refractivity contribution is 5.86. The molecule has 22 heteroatoms. The molecule has 9 aliphatic rings. The number of hydrogen-bond acceptors (Lipinski definition) is 19. The van der Waals surface area contributed by atoms with Crippen molar-refractivity contribution >= 4 is 40.9 Å². The van der Waals surface area contributed by atoms with Gasteiger partial charge in [-0.05, 0) is 231 Å². The van der Waals surface area contributed by atoms with Crippen molar-refractivity contribution in [3.63, 3.8) is 0 Å². The molecule has 6 atom stereocenters. The first kappa shape index (κ1) is 90.4. The number of amides is 3. The van der Waals surface area contributed by atoms with E-state index in [0.717, 1.165) is 83.3 Å². The molecule has 0 saturated carbocycles. The Labute approximate surface area is 589 Å². The van der Waals surface area contributed by atoms with Crippen LogP contribution >= 0.6 is 0 Å². The van der Waals surface area contributed by atoms with Crippen LogP contribution in [0.1, 0.15) is 218 Å². The summed E-state index contributed by atoms with van der Waals surface area (Å²) in [5.74, 6) is 2.41. The molecule has 0 radical (unpaired) electrons. The predicted molar refractivity (Wildman–Crippen MR) is 397 cm³/mol. The Hall–Kier alpha value is -4.65. The summed E-state index contributed by atoms with van der Waals surface area (Å²) < 4.78 is 0. The van der Waals surface area contributed by atoms with Gasteiger partial charge < -0.3 is 41.3 Å². The van der Waals surface area contributed by atoms with Gasteiger partial charge in [-0.1, -0.05) is 19.7 Å². The first-order valence-electron chi connectivity index (χ1n) is 36.8. The zero-order valence-electron chi connectivity index (χ0n) is 65.6. The lowest BCUT2D eigenvalue weighted by molar-refractivity contribution is -0.136. The molecule has 0 aromatic rings. The Morgan fingerprint density at radius 1 is 0.443 bits per heavy atom. The van der Waals surface area contributed by atoms with E-state index < -0.39 is 0 Å². The first-order valence-corrected chi connectivity index (χ1v) is 36.8. The molecule has 9 fully saturated rings. The number of piperazine rings is 3. The molecule has 0 bridgehead atoms. The number of hydrogen-bond donors (Lipinski definition) is 6. The summed E-state index contributed by atoms with van der Waals surface area (Å²) in [4.78, 5) is 97.7. The largest absolute Gasteiger partial charge is 0.392 e. The molecule has 0 spiro atoms. The summed E-state index contributed by atoms with van der Waals surface area (Å²) in [6.45, 7) is 72.6. The lowest BCUT2D eigenvalue weighted by Crippen LogP contribution is -2.63. The molecule has 9 heterocycles. The Kier molecular flexibility index (Phi) is 41.5. The van der Waals surface area contributed by atoms with Gasteiger partial charge in [0.2, 0.25) is 17.7 Å². The quantitative estimate of drug-likeness (QED) is 0.106. The second-order valence-electron chi connectivity index (χ2n) is 30.6. The molecule has 9 rings (SSSR count). The number of Topliss-reactive ketones (excluding diaryl/α,β-unsaturated/α-hetero) is 4. The molecule has 22 nitrogen and oxygen atoms in total. The fourth-order valence-corrected chi connectivity index (χ4v) is 13.9. The number of nitrogens with one attached hydrogen (secondary N) is 4. The number of nitrogens with zero attached hydrogens (tertiary/aromatic N) is 9. The highest BCUT2D eigenvalue weighted by Gasteiger charge is 2.40. The van der Waals surface area contributed by atoms with E-state index in [1.807, 2.05) is 41.5 Å². The van der Waals surface area contributed by atoms with Crippen LogP contribution in [0.4, 0.5) is 0 Å². The molecule has 0 aromatic carbocycles. The average Bonchev–Trinajstić information content (AvgIpc) is 1.79. The third-order valence-corrected chi connectivity index (χ3v) is 19.4. The number of carbonyl (C=O) groups is 7. The zero-order chi connectivity index (χ0) is 74.5. The van der Waals surface area contributed by atoms with E-state index in [-0.39, 0.29) is 71.2 Å². The van der Waals surface area contributed by atoms with Gasteiger partial charge in [-0.3, -0.25) is 67.9 Å². The minimum Gasteiger partial charge on any atom is -0.392 e. The van der Waals surface area contributed by atoms with E-state index in [9.17, 15) is 43.8 Å².